The van der Waals surface area contributed by atoms with Gasteiger partial charge in [-0.1, -0.05) is 60.1 Å². The van der Waals surface area contributed by atoms with Crippen LogP contribution in [0.5, 0.6) is 0 Å². The molecule has 2 unspecified atom stereocenters. The summed E-state index contributed by atoms with van der Waals surface area (Å²) in [4.78, 5) is 63.4. The Balaban J connectivity index is 1.35. The molecule has 3 saturated carbocycles. The number of ether oxygens (including phenoxy) is 4. The molecule has 1 aliphatic heterocycles. The molecule has 0 radical (unpaired) electrons. The highest BCUT2D eigenvalue weighted by Gasteiger charge is 2.72. The van der Waals surface area contributed by atoms with Crippen molar-refractivity contribution >= 4 is 29.9 Å². The number of methoxy groups -OCH3 is 1. The maximum Gasteiger partial charge on any atom is 0.328 e. The van der Waals surface area contributed by atoms with Gasteiger partial charge in [-0.25, -0.2) is 9.59 Å². The molecule has 13 atom stereocenters. The molecule has 5 rings (SSSR count). The number of rotatable bonds is 13. The fourth-order valence-corrected chi connectivity index (χ4v) is 12.6. The minimum absolute atomic E-state index is 0.0873. The monoisotopic (exact) mass is 787 g/mol. The number of hydrogen-bond donors (Lipinski definition) is 4. The fourth-order valence-electron chi connectivity index (χ4n) is 12.6. The second-order valence-electron chi connectivity index (χ2n) is 19.3. The van der Waals surface area contributed by atoms with Crippen LogP contribution in [0.25, 0.3) is 0 Å². The normalized spacial score (nSPS) is 38.9. The van der Waals surface area contributed by atoms with Gasteiger partial charge in [0, 0.05) is 24.3 Å². The van der Waals surface area contributed by atoms with Crippen LogP contribution in [0.4, 0.5) is 4.79 Å². The zero-order chi connectivity index (χ0) is 41.6. The first-order valence-corrected chi connectivity index (χ1v) is 20.9. The van der Waals surface area contributed by atoms with Gasteiger partial charge in [0.1, 0.15) is 24.3 Å². The smallest absolute Gasteiger partial charge is 0.328 e. The predicted molar refractivity (Wildman–Crippen MR) is 209 cm³/mol. The van der Waals surface area contributed by atoms with Crippen molar-refractivity contribution in [1.29, 1.82) is 0 Å². The number of carbonyl (C=O) groups is 5. The van der Waals surface area contributed by atoms with E-state index in [1.165, 1.54) is 26.5 Å². The van der Waals surface area contributed by atoms with E-state index < -0.39 is 76.4 Å². The van der Waals surface area contributed by atoms with E-state index in [9.17, 15) is 29.1 Å². The van der Waals surface area contributed by atoms with Crippen molar-refractivity contribution in [2.75, 3.05) is 26.9 Å². The molecule has 2 amide bonds. The van der Waals surface area contributed by atoms with E-state index in [1.807, 2.05) is 0 Å². The van der Waals surface area contributed by atoms with Crippen molar-refractivity contribution in [2.45, 2.75) is 144 Å². The molecule has 0 aromatic rings. The van der Waals surface area contributed by atoms with Crippen LogP contribution in [0.2, 0.25) is 0 Å². The van der Waals surface area contributed by atoms with Crippen molar-refractivity contribution in [3.05, 3.63) is 11.6 Å². The number of carbonyl (C=O) groups excluding carboxylic acids is 4. The lowest BCUT2D eigenvalue weighted by atomic mass is 9.34. The molecule has 1 saturated heterocycles. The van der Waals surface area contributed by atoms with Crippen LogP contribution in [0, 0.1) is 56.7 Å². The minimum Gasteiger partial charge on any atom is -0.481 e. The number of fused-ring (bicyclic) bond motifs is 3. The number of nitrogens with two attached hydrogens (primary N) is 1. The summed E-state index contributed by atoms with van der Waals surface area (Å²) in [7, 11) is 1.25. The van der Waals surface area contributed by atoms with Gasteiger partial charge in [0.2, 0.25) is 0 Å². The lowest BCUT2D eigenvalue weighted by Gasteiger charge is -2.71. The topological polar surface area (TPSA) is 193 Å². The molecule has 1 heterocycles. The highest BCUT2D eigenvalue weighted by molar-refractivity contribution is 5.83. The van der Waals surface area contributed by atoms with Crippen molar-refractivity contribution in [3.8, 4) is 0 Å². The average Bonchev–Trinajstić information content (AvgIpc) is 3.12. The zero-order valence-corrected chi connectivity index (χ0v) is 35.5. The summed E-state index contributed by atoms with van der Waals surface area (Å²) >= 11 is 0. The van der Waals surface area contributed by atoms with Gasteiger partial charge in [-0.05, 0) is 105 Å². The summed E-state index contributed by atoms with van der Waals surface area (Å²) in [6, 6.07) is -2.20. The quantitative estimate of drug-likeness (QED) is 0.0766. The van der Waals surface area contributed by atoms with E-state index in [0.29, 0.717) is 57.8 Å². The van der Waals surface area contributed by atoms with Crippen LogP contribution in [0.1, 0.15) is 120 Å². The number of esters is 3. The van der Waals surface area contributed by atoms with Crippen LogP contribution >= 0.6 is 0 Å². The van der Waals surface area contributed by atoms with Crippen molar-refractivity contribution in [1.82, 2.24) is 10.6 Å². The SMILES string of the molecule is COC(=O)C(C)NC(=O)NCCCCC(N)C(=O)O[C@H]1[C@H](OC(C)=O)C[C@]23COC[C@]1(C)[C@@H]2CC[C@H]1C3=CC[C@@]2(C)[C@H](C(=O)O)[C@@](C)([C@H](C)C(C)C)CC[C@]12C. The molecule has 13 nitrogen and oxygen atoms in total. The summed E-state index contributed by atoms with van der Waals surface area (Å²) in [5.74, 6) is -1.94. The third-order valence-corrected chi connectivity index (χ3v) is 16.1. The standard InChI is InChI=1S/C43H69N3O10/c1-24(2)25(3)39(6)18-19-41(8)28-14-15-32-40(7)22-54-23-43(32,29(28)16-17-42(41,9)33(39)35(48)49)21-31(55-27(5)47)34(40)56-37(51)30(44)13-11-12-20-45-38(52)46-26(4)36(50)53-10/h16,24-26,28,30-34H,11-15,17-23,44H2,1-10H3,(H,48,49)(H2,45,46,52)/t25-,26?,28+,30?,31-,32+,33-,34+,39-,40-,41-,42+,43-/m1/s1. The molecule has 0 spiro atoms. The molecule has 4 aliphatic carbocycles. The molecule has 0 aromatic heterocycles. The fraction of sp³-hybridized carbons (Fsp3) is 0.837. The van der Waals surface area contributed by atoms with E-state index in [4.69, 9.17) is 19.9 Å². The molecular formula is C43H69N3O10. The van der Waals surface area contributed by atoms with E-state index in [-0.39, 0.29) is 28.6 Å². The maximum absolute atomic E-state index is 13.7. The first kappa shape index (κ1) is 43.9. The third kappa shape index (κ3) is 7.37. The number of aliphatic carboxylic acids is 1. The Bertz CT molecular complexity index is 1570. The van der Waals surface area contributed by atoms with E-state index in [2.05, 4.69) is 69.9 Å². The first-order valence-electron chi connectivity index (χ1n) is 20.9. The molecule has 2 bridgehead atoms. The van der Waals surface area contributed by atoms with Gasteiger partial charge in [0.25, 0.3) is 0 Å². The summed E-state index contributed by atoms with van der Waals surface area (Å²) < 4.78 is 23.5. The van der Waals surface area contributed by atoms with E-state index in [1.54, 1.807) is 0 Å². The van der Waals surface area contributed by atoms with Crippen LogP contribution < -0.4 is 16.4 Å². The van der Waals surface area contributed by atoms with Gasteiger partial charge in [0.15, 0.2) is 0 Å². The Morgan fingerprint density at radius 2 is 1.66 bits per heavy atom. The Labute approximate surface area is 333 Å². The largest absolute Gasteiger partial charge is 0.481 e. The number of hydrogen-bond acceptors (Lipinski definition) is 10. The summed E-state index contributed by atoms with van der Waals surface area (Å²) in [5, 5.41) is 16.2. The van der Waals surface area contributed by atoms with Gasteiger partial charge in [-0.3, -0.25) is 14.4 Å². The van der Waals surface area contributed by atoms with Crippen LogP contribution in [0.3, 0.4) is 0 Å². The molecular weight excluding hydrogens is 718 g/mol. The van der Waals surface area contributed by atoms with Crippen LogP contribution in [-0.4, -0.2) is 86.2 Å². The Hall–Kier alpha value is -3.19. The maximum atomic E-state index is 13.7. The van der Waals surface area contributed by atoms with Crippen LogP contribution in [0.15, 0.2) is 11.6 Å². The number of allylic oxidation sites excluding steroid dienone is 1. The summed E-state index contributed by atoms with van der Waals surface area (Å²) in [6.45, 7) is 19.6. The highest BCUT2D eigenvalue weighted by atomic mass is 16.6. The van der Waals surface area contributed by atoms with Gasteiger partial charge >= 0.3 is 29.9 Å². The number of nitrogens with one attached hydrogen (secondary N) is 2. The number of unbranched alkanes of at least 4 members (excludes halogenated alkanes) is 1. The Morgan fingerprint density at radius 3 is 2.29 bits per heavy atom. The summed E-state index contributed by atoms with van der Waals surface area (Å²) in [6.07, 6.45) is 6.92. The number of carboxylic acid groups (broad SMARTS) is 1. The average molecular weight is 788 g/mol. The highest BCUT2D eigenvalue weighted by Crippen LogP contribution is 2.75. The number of urea groups is 1. The first-order chi connectivity index (χ1) is 26.1. The van der Waals surface area contributed by atoms with Crippen molar-refractivity contribution < 1.29 is 48.0 Å². The number of carboxylic acids is 1. The second kappa shape index (κ2) is 16.2. The molecule has 5 aliphatic rings. The van der Waals surface area contributed by atoms with Gasteiger partial charge in [-0.2, -0.15) is 0 Å². The molecule has 0 aromatic carbocycles. The van der Waals surface area contributed by atoms with Crippen molar-refractivity contribution in [3.63, 3.8) is 0 Å². The van der Waals surface area contributed by atoms with Gasteiger partial charge < -0.3 is 40.4 Å². The van der Waals surface area contributed by atoms with Gasteiger partial charge in [0.05, 0.1) is 26.2 Å². The summed E-state index contributed by atoms with van der Waals surface area (Å²) in [5.41, 5.74) is 5.50. The van der Waals surface area contributed by atoms with Crippen LogP contribution in [-0.2, 0) is 38.1 Å². The molecule has 56 heavy (non-hydrogen) atoms. The Kier molecular flexibility index (Phi) is 12.7. The predicted octanol–water partition coefficient (Wildman–Crippen LogP) is 5.78. The Morgan fingerprint density at radius 1 is 0.964 bits per heavy atom. The number of amides is 2. The van der Waals surface area contributed by atoms with Gasteiger partial charge in [-0.15, -0.1) is 0 Å². The lowest BCUT2D eigenvalue weighted by molar-refractivity contribution is -0.263. The molecule has 5 N–H and O–H groups in total. The second-order valence-corrected chi connectivity index (χ2v) is 19.3. The molecule has 13 heteroatoms. The van der Waals surface area contributed by atoms with E-state index >= 15 is 0 Å². The van der Waals surface area contributed by atoms with Crippen molar-refractivity contribution in [2.24, 2.45) is 62.4 Å². The third-order valence-electron chi connectivity index (χ3n) is 16.1. The zero-order valence-electron chi connectivity index (χ0n) is 35.5. The minimum atomic E-state index is -0.923. The lowest BCUT2D eigenvalue weighted by Crippen LogP contribution is -2.70. The van der Waals surface area contributed by atoms with E-state index in [0.717, 1.165) is 25.7 Å². The molecule has 316 valence electrons. The molecule has 4 fully saturated rings.